The lowest BCUT2D eigenvalue weighted by Gasteiger charge is -2.44. The summed E-state index contributed by atoms with van der Waals surface area (Å²) in [5, 5.41) is 0. The number of aliphatic imine (C=N–C) groups is 1. The van der Waals surface area contributed by atoms with Gasteiger partial charge in [-0.25, -0.2) is 0 Å². The van der Waals surface area contributed by atoms with E-state index in [9.17, 15) is 4.79 Å². The Morgan fingerprint density at radius 1 is 1.13 bits per heavy atom. The van der Waals surface area contributed by atoms with Crippen molar-refractivity contribution in [1.29, 1.82) is 0 Å². The van der Waals surface area contributed by atoms with Crippen LogP contribution < -0.4 is 0 Å². The fraction of sp³-hybridized carbons (Fsp3) is 0.833. The van der Waals surface area contributed by atoms with Crippen LogP contribution in [0.15, 0.2) is 4.99 Å². The zero-order chi connectivity index (χ0) is 11.9. The van der Waals surface area contributed by atoms with Crippen LogP contribution in [0.4, 0.5) is 0 Å². The zero-order valence-electron chi connectivity index (χ0n) is 10.7. The minimum Gasteiger partial charge on any atom is -0.348 e. The number of hydrogen-bond donors (Lipinski definition) is 0. The molecule has 0 bridgehead atoms. The summed E-state index contributed by atoms with van der Waals surface area (Å²) < 4.78 is 0. The monoisotopic (exact) mass is 210 g/mol. The summed E-state index contributed by atoms with van der Waals surface area (Å²) in [6.45, 7) is 13.6. The summed E-state index contributed by atoms with van der Waals surface area (Å²) in [6.07, 6.45) is 0. The van der Waals surface area contributed by atoms with Crippen LogP contribution in [0.2, 0.25) is 0 Å². The minimum absolute atomic E-state index is 0.00792. The predicted octanol–water partition coefficient (Wildman–Crippen LogP) is 2.11. The van der Waals surface area contributed by atoms with Gasteiger partial charge in [0.05, 0.1) is 6.54 Å². The average molecular weight is 210 g/mol. The van der Waals surface area contributed by atoms with Crippen LogP contribution in [0.25, 0.3) is 0 Å². The Morgan fingerprint density at radius 3 is 2.07 bits per heavy atom. The molecule has 3 nitrogen and oxygen atoms in total. The molecule has 86 valence electrons. The van der Waals surface area contributed by atoms with Gasteiger partial charge in [-0.1, -0.05) is 20.8 Å². The lowest BCUT2D eigenvalue weighted by atomic mass is 9.90. The van der Waals surface area contributed by atoms with Crippen LogP contribution >= 0.6 is 0 Å². The maximum absolute atomic E-state index is 11.4. The second-order valence-electron chi connectivity index (χ2n) is 6.19. The average Bonchev–Trinajstić information content (AvgIpc) is 2.00. The first-order valence-electron chi connectivity index (χ1n) is 5.46. The van der Waals surface area contributed by atoms with Crippen LogP contribution in [-0.2, 0) is 4.79 Å². The Bertz CT molecular complexity index is 292. The molecule has 0 aromatic carbocycles. The third-order valence-electron chi connectivity index (χ3n) is 2.48. The topological polar surface area (TPSA) is 32.7 Å². The Balaban J connectivity index is 3.06. The summed E-state index contributed by atoms with van der Waals surface area (Å²) in [5.41, 5.74) is -0.0316. The highest BCUT2D eigenvalue weighted by molar-refractivity contribution is 5.97. The van der Waals surface area contributed by atoms with E-state index in [0.717, 1.165) is 5.84 Å². The van der Waals surface area contributed by atoms with E-state index < -0.39 is 0 Å². The van der Waals surface area contributed by atoms with E-state index in [2.05, 4.69) is 51.4 Å². The normalized spacial score (nSPS) is 19.2. The number of rotatable bonds is 0. The van der Waals surface area contributed by atoms with E-state index in [-0.39, 0.29) is 16.7 Å². The molecule has 1 rings (SSSR count). The Hall–Kier alpha value is -0.860. The molecule has 0 aliphatic carbocycles. The highest BCUT2D eigenvalue weighted by atomic mass is 16.1. The second kappa shape index (κ2) is 3.62. The van der Waals surface area contributed by atoms with Gasteiger partial charge in [0.1, 0.15) is 12.4 Å². The van der Waals surface area contributed by atoms with Crippen molar-refractivity contribution < 1.29 is 4.79 Å². The Morgan fingerprint density at radius 2 is 1.67 bits per heavy atom. The quantitative estimate of drug-likeness (QED) is 0.613. The zero-order valence-corrected chi connectivity index (χ0v) is 10.7. The summed E-state index contributed by atoms with van der Waals surface area (Å²) in [7, 11) is 0. The van der Waals surface area contributed by atoms with Gasteiger partial charge in [0.2, 0.25) is 0 Å². The fourth-order valence-electron chi connectivity index (χ4n) is 1.75. The van der Waals surface area contributed by atoms with Gasteiger partial charge in [0.25, 0.3) is 0 Å². The molecule has 15 heavy (non-hydrogen) atoms. The van der Waals surface area contributed by atoms with Gasteiger partial charge in [0, 0.05) is 11.0 Å². The predicted molar refractivity (Wildman–Crippen MR) is 63.2 cm³/mol. The van der Waals surface area contributed by atoms with Crippen molar-refractivity contribution in [2.45, 2.75) is 47.1 Å². The van der Waals surface area contributed by atoms with Crippen LogP contribution in [0, 0.1) is 5.41 Å². The smallest absolute Gasteiger partial charge is 0.173 e. The van der Waals surface area contributed by atoms with Gasteiger partial charge < -0.3 is 4.90 Å². The number of Topliss-reactive ketones (excluding diaryl/α,β-unsaturated/α-hetero) is 1. The molecule has 1 aliphatic rings. The number of carbonyl (C=O) groups excluding carboxylic acids is 1. The third kappa shape index (κ3) is 2.80. The van der Waals surface area contributed by atoms with Crippen molar-refractivity contribution in [1.82, 2.24) is 4.90 Å². The van der Waals surface area contributed by atoms with Crippen LogP contribution in [-0.4, -0.2) is 35.1 Å². The SMILES string of the molecule is CC(C)(C)C1=NCC(=O)CN1C(C)(C)C. The molecule has 1 heterocycles. The first-order chi connectivity index (χ1) is 6.62. The van der Waals surface area contributed by atoms with Gasteiger partial charge in [-0.05, 0) is 20.8 Å². The molecule has 0 amide bonds. The molecule has 0 aromatic rings. The van der Waals surface area contributed by atoms with Crippen LogP contribution in [0.1, 0.15) is 41.5 Å². The number of nitrogens with zero attached hydrogens (tertiary/aromatic N) is 2. The minimum atomic E-state index is -0.0395. The molecule has 0 saturated heterocycles. The third-order valence-corrected chi connectivity index (χ3v) is 2.48. The van der Waals surface area contributed by atoms with Gasteiger partial charge >= 0.3 is 0 Å². The maximum Gasteiger partial charge on any atom is 0.173 e. The largest absolute Gasteiger partial charge is 0.348 e. The fourth-order valence-corrected chi connectivity index (χ4v) is 1.75. The van der Waals surface area contributed by atoms with Gasteiger partial charge in [-0.15, -0.1) is 0 Å². The van der Waals surface area contributed by atoms with Crippen molar-refractivity contribution >= 4 is 11.6 Å². The van der Waals surface area contributed by atoms with Crippen LogP contribution in [0.3, 0.4) is 0 Å². The molecular formula is C12H22N2O. The number of ketones is 1. The number of amidine groups is 1. The van der Waals surface area contributed by atoms with E-state index in [0.29, 0.717) is 13.1 Å². The van der Waals surface area contributed by atoms with Gasteiger partial charge in [0.15, 0.2) is 5.78 Å². The molecule has 0 saturated carbocycles. The Labute approximate surface area is 92.6 Å². The summed E-state index contributed by atoms with van der Waals surface area (Å²) in [4.78, 5) is 18.0. The van der Waals surface area contributed by atoms with E-state index in [1.54, 1.807) is 0 Å². The Kier molecular flexibility index (Phi) is 2.94. The highest BCUT2D eigenvalue weighted by Gasteiger charge is 2.35. The molecule has 0 unspecified atom stereocenters. The summed E-state index contributed by atoms with van der Waals surface area (Å²) >= 11 is 0. The molecule has 0 atom stereocenters. The van der Waals surface area contributed by atoms with E-state index in [4.69, 9.17) is 0 Å². The number of carbonyl (C=O) groups is 1. The van der Waals surface area contributed by atoms with Gasteiger partial charge in [-0.2, -0.15) is 0 Å². The molecular weight excluding hydrogens is 188 g/mol. The summed E-state index contributed by atoms with van der Waals surface area (Å²) in [5.74, 6) is 1.26. The lowest BCUT2D eigenvalue weighted by molar-refractivity contribution is -0.119. The lowest BCUT2D eigenvalue weighted by Crippen LogP contribution is -2.55. The first-order valence-corrected chi connectivity index (χ1v) is 5.46. The van der Waals surface area contributed by atoms with Crippen molar-refractivity contribution in [2.75, 3.05) is 13.1 Å². The standard InChI is InChI=1S/C12H22N2O/c1-11(2,3)10-13-7-9(15)8-14(10)12(4,5)6/h7-8H2,1-6H3. The molecule has 0 N–H and O–H groups in total. The van der Waals surface area contributed by atoms with Crippen LogP contribution in [0.5, 0.6) is 0 Å². The van der Waals surface area contributed by atoms with Gasteiger partial charge in [-0.3, -0.25) is 9.79 Å². The molecule has 0 spiro atoms. The second-order valence-corrected chi connectivity index (χ2v) is 6.19. The first kappa shape index (κ1) is 12.2. The molecule has 3 heteroatoms. The van der Waals surface area contributed by atoms with Crippen molar-refractivity contribution in [2.24, 2.45) is 10.4 Å². The van der Waals surface area contributed by atoms with E-state index in [1.807, 2.05) is 0 Å². The van der Waals surface area contributed by atoms with Crippen molar-refractivity contribution in [3.05, 3.63) is 0 Å². The van der Waals surface area contributed by atoms with Crippen molar-refractivity contribution in [3.63, 3.8) is 0 Å². The number of hydrogen-bond acceptors (Lipinski definition) is 3. The highest BCUT2D eigenvalue weighted by Crippen LogP contribution is 2.26. The summed E-state index contributed by atoms with van der Waals surface area (Å²) in [6, 6.07) is 0. The molecule has 0 aromatic heterocycles. The molecule has 0 fully saturated rings. The molecule has 0 radical (unpaired) electrons. The van der Waals surface area contributed by atoms with E-state index in [1.165, 1.54) is 0 Å². The van der Waals surface area contributed by atoms with E-state index >= 15 is 0 Å². The van der Waals surface area contributed by atoms with Crippen molar-refractivity contribution in [3.8, 4) is 0 Å². The molecule has 1 aliphatic heterocycles. The maximum atomic E-state index is 11.4.